The zero-order chi connectivity index (χ0) is 26.8. The van der Waals surface area contributed by atoms with E-state index in [4.69, 9.17) is 0 Å². The molecule has 0 spiro atoms. The Hall–Kier alpha value is -3.31. The molecule has 0 unspecified atom stereocenters. The van der Waals surface area contributed by atoms with Crippen LogP contribution in [-0.2, 0) is 21.2 Å². The fraction of sp³-hybridized carbons (Fsp3) is 0.407. The maximum Gasteiger partial charge on any atom is 0.256 e. The first-order valence-corrected chi connectivity index (χ1v) is 15.5. The Labute approximate surface area is 225 Å². The Morgan fingerprint density at radius 3 is 2.63 bits per heavy atom. The molecule has 1 saturated heterocycles. The number of carbonyl (C=O) groups excluding carboxylic acids is 2. The molecule has 0 radical (unpaired) electrons. The lowest BCUT2D eigenvalue weighted by Gasteiger charge is -2.24. The molecule has 2 aromatic heterocycles. The van der Waals surface area contributed by atoms with E-state index in [9.17, 15) is 18.0 Å². The summed E-state index contributed by atoms with van der Waals surface area (Å²) < 4.78 is 25.6. The molecule has 0 bridgehead atoms. The number of benzene rings is 1. The Bertz CT molecular complexity index is 1580. The van der Waals surface area contributed by atoms with Crippen molar-refractivity contribution in [1.29, 1.82) is 0 Å². The van der Waals surface area contributed by atoms with Crippen molar-refractivity contribution in [3.63, 3.8) is 0 Å². The van der Waals surface area contributed by atoms with E-state index >= 15 is 0 Å². The third-order valence-corrected chi connectivity index (χ3v) is 9.82. The lowest BCUT2D eigenvalue weighted by Crippen LogP contribution is -2.35. The first-order chi connectivity index (χ1) is 18.1. The number of fused-ring (bicyclic) bond motifs is 1. The van der Waals surface area contributed by atoms with E-state index in [1.54, 1.807) is 11.0 Å². The predicted molar refractivity (Wildman–Crippen MR) is 147 cm³/mol. The van der Waals surface area contributed by atoms with Gasteiger partial charge in [0.05, 0.1) is 21.0 Å². The summed E-state index contributed by atoms with van der Waals surface area (Å²) in [6.45, 7) is 5.01. The zero-order valence-corrected chi connectivity index (χ0v) is 23.2. The van der Waals surface area contributed by atoms with Gasteiger partial charge in [-0.1, -0.05) is 17.4 Å². The number of rotatable bonds is 7. The fourth-order valence-corrected chi connectivity index (χ4v) is 7.28. The normalized spacial score (nSPS) is 18.3. The van der Waals surface area contributed by atoms with Crippen LogP contribution in [0.5, 0.6) is 0 Å². The monoisotopic (exact) mass is 551 g/mol. The van der Waals surface area contributed by atoms with Gasteiger partial charge in [-0.15, -0.1) is 0 Å². The summed E-state index contributed by atoms with van der Waals surface area (Å²) in [7, 11) is -3.64. The molecular formula is C27H29N5O4S2. The number of anilines is 3. The highest BCUT2D eigenvalue weighted by Crippen LogP contribution is 2.42. The van der Waals surface area contributed by atoms with Gasteiger partial charge in [-0.3, -0.25) is 14.5 Å². The summed E-state index contributed by atoms with van der Waals surface area (Å²) in [5, 5.41) is 3.84. The number of thiazole rings is 1. The van der Waals surface area contributed by atoms with Crippen molar-refractivity contribution in [3.8, 4) is 10.4 Å². The van der Waals surface area contributed by atoms with E-state index in [2.05, 4.69) is 22.2 Å². The van der Waals surface area contributed by atoms with E-state index in [1.807, 2.05) is 36.1 Å². The number of amides is 2. The molecule has 1 atom stereocenters. The van der Waals surface area contributed by atoms with Crippen LogP contribution >= 0.6 is 11.3 Å². The summed E-state index contributed by atoms with van der Waals surface area (Å²) in [6, 6.07) is 9.12. The average molecular weight is 552 g/mol. The van der Waals surface area contributed by atoms with Gasteiger partial charge in [0.25, 0.3) is 5.91 Å². The third kappa shape index (κ3) is 4.47. The maximum atomic E-state index is 13.3. The molecule has 1 aliphatic carbocycles. The second kappa shape index (κ2) is 9.16. The lowest BCUT2D eigenvalue weighted by atomic mass is 10.0. The molecule has 6 rings (SSSR count). The van der Waals surface area contributed by atoms with E-state index in [-0.39, 0.29) is 22.8 Å². The van der Waals surface area contributed by atoms with Gasteiger partial charge in [-0.05, 0) is 74.4 Å². The largest absolute Gasteiger partial charge is 0.331 e. The van der Waals surface area contributed by atoms with Crippen molar-refractivity contribution >= 4 is 49.8 Å². The number of sulfone groups is 1. The van der Waals surface area contributed by atoms with Crippen molar-refractivity contribution in [1.82, 2.24) is 14.9 Å². The molecule has 11 heteroatoms. The van der Waals surface area contributed by atoms with Crippen molar-refractivity contribution in [2.45, 2.75) is 57.0 Å². The summed E-state index contributed by atoms with van der Waals surface area (Å²) in [4.78, 5) is 39.1. The predicted octanol–water partition coefficient (Wildman–Crippen LogP) is 4.54. The van der Waals surface area contributed by atoms with Gasteiger partial charge in [-0.2, -0.15) is 0 Å². The molecule has 3 aromatic rings. The summed E-state index contributed by atoms with van der Waals surface area (Å²) in [5.41, 5.74) is 2.52. The van der Waals surface area contributed by atoms with Crippen LogP contribution in [-0.4, -0.2) is 53.9 Å². The summed E-state index contributed by atoms with van der Waals surface area (Å²) >= 11 is 1.40. The highest BCUT2D eigenvalue weighted by molar-refractivity contribution is 7.90. The number of nitrogens with one attached hydrogen (secondary N) is 1. The molecule has 3 aliphatic rings. The van der Waals surface area contributed by atoms with Crippen LogP contribution in [0.15, 0.2) is 35.2 Å². The first-order valence-electron chi connectivity index (χ1n) is 12.8. The van der Waals surface area contributed by atoms with Crippen molar-refractivity contribution in [2.75, 3.05) is 23.0 Å². The van der Waals surface area contributed by atoms with Crippen LogP contribution in [0.1, 0.15) is 54.2 Å². The van der Waals surface area contributed by atoms with Crippen LogP contribution in [0.3, 0.4) is 0 Å². The summed E-state index contributed by atoms with van der Waals surface area (Å²) in [6.07, 6.45) is 4.73. The van der Waals surface area contributed by atoms with Crippen LogP contribution in [0.25, 0.3) is 10.4 Å². The van der Waals surface area contributed by atoms with Crippen molar-refractivity contribution in [2.24, 2.45) is 5.92 Å². The molecule has 4 heterocycles. The minimum absolute atomic E-state index is 0.0730. The highest BCUT2D eigenvalue weighted by atomic mass is 32.2. The maximum absolute atomic E-state index is 13.3. The number of hydrogen-bond acceptors (Lipinski definition) is 8. The molecule has 2 fully saturated rings. The number of carbonyl (C=O) groups is 2. The molecule has 1 aromatic carbocycles. The Kier molecular flexibility index (Phi) is 6.03. The minimum atomic E-state index is -3.64. The van der Waals surface area contributed by atoms with Gasteiger partial charge in [0.15, 0.2) is 15.0 Å². The quantitative estimate of drug-likeness (QED) is 0.459. The molecule has 38 heavy (non-hydrogen) atoms. The number of pyridine rings is 1. The fourth-order valence-electron chi connectivity index (χ4n) is 5.39. The Balaban J connectivity index is 1.33. The Morgan fingerprint density at radius 2 is 1.95 bits per heavy atom. The van der Waals surface area contributed by atoms with Gasteiger partial charge in [-0.25, -0.2) is 18.4 Å². The Morgan fingerprint density at radius 1 is 1.16 bits per heavy atom. The zero-order valence-electron chi connectivity index (χ0n) is 21.5. The summed E-state index contributed by atoms with van der Waals surface area (Å²) in [5.74, 6) is 1.55. The van der Waals surface area contributed by atoms with Gasteiger partial charge in [0, 0.05) is 31.8 Å². The molecule has 198 valence electrons. The van der Waals surface area contributed by atoms with Crippen LogP contribution in [0, 0.1) is 12.8 Å². The van der Waals surface area contributed by atoms with Gasteiger partial charge < -0.3 is 10.2 Å². The van der Waals surface area contributed by atoms with Crippen molar-refractivity contribution < 1.29 is 18.0 Å². The minimum Gasteiger partial charge on any atom is -0.331 e. The second-order valence-corrected chi connectivity index (χ2v) is 13.4. The molecule has 1 saturated carbocycles. The van der Waals surface area contributed by atoms with E-state index < -0.39 is 9.84 Å². The van der Waals surface area contributed by atoms with Crippen LogP contribution < -0.4 is 10.2 Å². The highest BCUT2D eigenvalue weighted by Gasteiger charge is 2.41. The van der Waals surface area contributed by atoms with Crippen LogP contribution in [0.2, 0.25) is 0 Å². The van der Waals surface area contributed by atoms with Gasteiger partial charge in [0.2, 0.25) is 5.91 Å². The SMILES string of the molecule is Cc1nc(Nc2cccc(N3CCCC3=O)n2)sc1-c1cc2c(c(S(C)(=O)=O)c1)C(=O)N([C@@H](C)C1CC1)C2. The molecule has 9 nitrogen and oxygen atoms in total. The third-order valence-electron chi connectivity index (χ3n) is 7.57. The number of hydrogen-bond donors (Lipinski definition) is 1. The molecular weight excluding hydrogens is 522 g/mol. The molecule has 2 aliphatic heterocycles. The average Bonchev–Trinajstić information content (AvgIpc) is 3.41. The lowest BCUT2D eigenvalue weighted by molar-refractivity contribution is -0.117. The van der Waals surface area contributed by atoms with Crippen LogP contribution in [0.4, 0.5) is 16.8 Å². The van der Waals surface area contributed by atoms with E-state index in [0.717, 1.165) is 47.2 Å². The second-order valence-electron chi connectivity index (χ2n) is 10.4. The van der Waals surface area contributed by atoms with E-state index in [0.29, 0.717) is 47.8 Å². The number of aryl methyl sites for hydroxylation is 1. The first kappa shape index (κ1) is 25.0. The standard InChI is InChI=1S/C27H29N5O4S2/c1-15-25(37-27(28-15)30-21-6-4-7-22(29-21)31-11-5-8-23(31)33)18-12-19-14-32(16(2)17-9-10-17)26(34)24(19)20(13-18)38(3,35)36/h4,6-7,12-13,16-17H,5,8-11,14H2,1-3H3,(H,28,29,30)/t16-/m0/s1. The number of aromatic nitrogens is 2. The molecule has 2 amide bonds. The number of nitrogens with zero attached hydrogens (tertiary/aromatic N) is 4. The smallest absolute Gasteiger partial charge is 0.256 e. The van der Waals surface area contributed by atoms with Crippen molar-refractivity contribution in [3.05, 3.63) is 47.2 Å². The van der Waals surface area contributed by atoms with Gasteiger partial charge in [0.1, 0.15) is 11.6 Å². The molecule has 1 N–H and O–H groups in total. The topological polar surface area (TPSA) is 113 Å². The van der Waals surface area contributed by atoms with Gasteiger partial charge >= 0.3 is 0 Å². The van der Waals surface area contributed by atoms with E-state index in [1.165, 1.54) is 11.3 Å².